The number of fused-ring (bicyclic) bond motifs is 3. The van der Waals surface area contributed by atoms with Gasteiger partial charge < -0.3 is 14.8 Å². The Morgan fingerprint density at radius 1 is 1.10 bits per heavy atom. The molecule has 0 amide bonds. The van der Waals surface area contributed by atoms with Gasteiger partial charge in [-0.25, -0.2) is 0 Å². The van der Waals surface area contributed by atoms with Gasteiger partial charge in [0.1, 0.15) is 0 Å². The molecule has 0 saturated heterocycles. The van der Waals surface area contributed by atoms with Gasteiger partial charge in [0.05, 0.1) is 0 Å². The molecule has 1 heterocycles. The van der Waals surface area contributed by atoms with Gasteiger partial charge in [0, 0.05) is 6.54 Å². The highest BCUT2D eigenvalue weighted by Gasteiger charge is 2.34. The van der Waals surface area contributed by atoms with Crippen LogP contribution in [0, 0.1) is 17.8 Å². The summed E-state index contributed by atoms with van der Waals surface area (Å²) < 4.78 is 10.7. The van der Waals surface area contributed by atoms with Gasteiger partial charge in [-0.15, -0.1) is 12.4 Å². The van der Waals surface area contributed by atoms with Crippen molar-refractivity contribution in [3.8, 4) is 11.5 Å². The van der Waals surface area contributed by atoms with Crippen molar-refractivity contribution in [3.63, 3.8) is 0 Å². The smallest absolute Gasteiger partial charge is 0.231 e. The first kappa shape index (κ1) is 13.8. The van der Waals surface area contributed by atoms with Crippen LogP contribution in [0.25, 0.3) is 0 Å². The number of halogens is 1. The Bertz CT molecular complexity index is 517. The molecular weight excluding hydrogens is 274 g/mol. The Kier molecular flexibility index (Phi) is 3.90. The maximum absolute atomic E-state index is 5.40. The highest BCUT2D eigenvalue weighted by molar-refractivity contribution is 5.85. The Balaban J connectivity index is 0.00000121. The zero-order valence-electron chi connectivity index (χ0n) is 11.4. The number of ether oxygens (including phenoxy) is 2. The number of rotatable bonds is 4. The quantitative estimate of drug-likeness (QED) is 0.865. The molecule has 2 bridgehead atoms. The summed E-state index contributed by atoms with van der Waals surface area (Å²) in [6.45, 7) is 2.39. The molecule has 4 heteroatoms. The molecule has 0 radical (unpaired) electrons. The third-order valence-corrected chi connectivity index (χ3v) is 4.59. The summed E-state index contributed by atoms with van der Waals surface area (Å²) in [5.41, 5.74) is 1.27. The fourth-order valence-electron chi connectivity index (χ4n) is 3.58. The van der Waals surface area contributed by atoms with Crippen molar-refractivity contribution < 1.29 is 9.47 Å². The van der Waals surface area contributed by atoms with Crippen LogP contribution in [0.5, 0.6) is 11.5 Å². The minimum atomic E-state index is 0. The molecule has 1 fully saturated rings. The number of benzene rings is 1. The maximum atomic E-state index is 5.40. The van der Waals surface area contributed by atoms with Crippen LogP contribution in [-0.4, -0.2) is 13.3 Å². The van der Waals surface area contributed by atoms with Crippen LogP contribution in [0.1, 0.15) is 18.4 Å². The summed E-state index contributed by atoms with van der Waals surface area (Å²) in [4.78, 5) is 0. The van der Waals surface area contributed by atoms with Crippen LogP contribution in [0.3, 0.4) is 0 Å². The van der Waals surface area contributed by atoms with Gasteiger partial charge in [0.25, 0.3) is 0 Å². The van der Waals surface area contributed by atoms with Crippen molar-refractivity contribution in [2.24, 2.45) is 17.8 Å². The van der Waals surface area contributed by atoms with E-state index in [2.05, 4.69) is 29.6 Å². The van der Waals surface area contributed by atoms with Crippen molar-refractivity contribution >= 4 is 12.4 Å². The lowest BCUT2D eigenvalue weighted by atomic mass is 9.93. The predicted molar refractivity (Wildman–Crippen MR) is 80.4 cm³/mol. The van der Waals surface area contributed by atoms with Crippen LogP contribution in [0.2, 0.25) is 0 Å². The van der Waals surface area contributed by atoms with E-state index in [1.807, 2.05) is 6.07 Å². The van der Waals surface area contributed by atoms with Crippen LogP contribution in [-0.2, 0) is 6.54 Å². The second-order valence-corrected chi connectivity index (χ2v) is 5.86. The second kappa shape index (κ2) is 5.66. The molecule has 4 rings (SSSR count). The van der Waals surface area contributed by atoms with Gasteiger partial charge in [0.15, 0.2) is 11.5 Å². The van der Waals surface area contributed by atoms with E-state index in [0.29, 0.717) is 6.79 Å². The van der Waals surface area contributed by atoms with Crippen molar-refractivity contribution in [2.75, 3.05) is 13.3 Å². The lowest BCUT2D eigenvalue weighted by molar-refractivity contribution is 0.174. The Morgan fingerprint density at radius 3 is 2.80 bits per heavy atom. The molecule has 3 aliphatic rings. The van der Waals surface area contributed by atoms with Crippen LogP contribution < -0.4 is 14.8 Å². The molecule has 3 atom stereocenters. The number of hydrogen-bond donors (Lipinski definition) is 1. The first-order chi connectivity index (χ1) is 9.38. The molecule has 3 nitrogen and oxygen atoms in total. The van der Waals surface area contributed by atoms with E-state index in [9.17, 15) is 0 Å². The van der Waals surface area contributed by atoms with E-state index in [1.54, 1.807) is 0 Å². The standard InChI is InChI=1S/C16H19NO2.ClH/c1-3-13-5-11(1)6-14(13)9-17-8-12-2-4-15-16(7-12)19-10-18-15;/h1-4,7,11,13-14,17H,5-6,8-10H2;1H. The summed E-state index contributed by atoms with van der Waals surface area (Å²) in [5, 5.41) is 3.59. The Hall–Kier alpha value is -1.19. The molecule has 1 saturated carbocycles. The fourth-order valence-corrected chi connectivity index (χ4v) is 3.58. The molecule has 1 aromatic rings. The van der Waals surface area contributed by atoms with Crippen LogP contribution in [0.15, 0.2) is 30.4 Å². The zero-order valence-corrected chi connectivity index (χ0v) is 12.2. The van der Waals surface area contributed by atoms with Crippen molar-refractivity contribution in [1.82, 2.24) is 5.32 Å². The van der Waals surface area contributed by atoms with Gasteiger partial charge >= 0.3 is 0 Å². The highest BCUT2D eigenvalue weighted by atomic mass is 35.5. The van der Waals surface area contributed by atoms with Crippen LogP contribution in [0.4, 0.5) is 0 Å². The number of nitrogens with one attached hydrogen (secondary N) is 1. The van der Waals surface area contributed by atoms with E-state index >= 15 is 0 Å². The summed E-state index contributed by atoms with van der Waals surface area (Å²) in [7, 11) is 0. The highest BCUT2D eigenvalue weighted by Crippen LogP contribution is 2.43. The normalized spacial score (nSPS) is 28.7. The lowest BCUT2D eigenvalue weighted by Gasteiger charge is -2.18. The van der Waals surface area contributed by atoms with E-state index in [0.717, 1.165) is 42.3 Å². The van der Waals surface area contributed by atoms with E-state index in [4.69, 9.17) is 9.47 Å². The molecular formula is C16H20ClNO2. The van der Waals surface area contributed by atoms with Gasteiger partial charge in [-0.2, -0.15) is 0 Å². The zero-order chi connectivity index (χ0) is 12.7. The third-order valence-electron chi connectivity index (χ3n) is 4.59. The fraction of sp³-hybridized carbons (Fsp3) is 0.500. The molecule has 0 aromatic heterocycles. The molecule has 1 aromatic carbocycles. The average molecular weight is 294 g/mol. The first-order valence-electron chi connectivity index (χ1n) is 7.16. The van der Waals surface area contributed by atoms with Crippen molar-refractivity contribution in [1.29, 1.82) is 0 Å². The molecule has 0 spiro atoms. The molecule has 1 N–H and O–H groups in total. The van der Waals surface area contributed by atoms with E-state index in [1.165, 1.54) is 18.4 Å². The molecule has 2 aliphatic carbocycles. The largest absolute Gasteiger partial charge is 0.454 e. The van der Waals surface area contributed by atoms with E-state index < -0.39 is 0 Å². The summed E-state index contributed by atoms with van der Waals surface area (Å²) in [6, 6.07) is 6.19. The maximum Gasteiger partial charge on any atom is 0.231 e. The molecule has 108 valence electrons. The minimum Gasteiger partial charge on any atom is -0.454 e. The Labute approximate surface area is 125 Å². The minimum absolute atomic E-state index is 0. The molecule has 3 unspecified atom stereocenters. The first-order valence-corrected chi connectivity index (χ1v) is 7.16. The summed E-state index contributed by atoms with van der Waals surface area (Å²) in [5.74, 6) is 4.27. The van der Waals surface area contributed by atoms with Crippen LogP contribution >= 0.6 is 12.4 Å². The van der Waals surface area contributed by atoms with Crippen molar-refractivity contribution in [3.05, 3.63) is 35.9 Å². The van der Waals surface area contributed by atoms with Gasteiger partial charge in [0.2, 0.25) is 6.79 Å². The van der Waals surface area contributed by atoms with Crippen molar-refractivity contribution in [2.45, 2.75) is 19.4 Å². The Morgan fingerprint density at radius 2 is 2.00 bits per heavy atom. The predicted octanol–water partition coefficient (Wildman–Crippen LogP) is 3.14. The third kappa shape index (κ3) is 2.52. The lowest BCUT2D eigenvalue weighted by Crippen LogP contribution is -2.25. The van der Waals surface area contributed by atoms with Gasteiger partial charge in [-0.1, -0.05) is 18.2 Å². The summed E-state index contributed by atoms with van der Waals surface area (Å²) >= 11 is 0. The molecule has 1 aliphatic heterocycles. The molecule has 20 heavy (non-hydrogen) atoms. The SMILES string of the molecule is C1=CC2CC1CC2CNCc1ccc2c(c1)OCO2.Cl. The monoisotopic (exact) mass is 293 g/mol. The summed E-state index contributed by atoms with van der Waals surface area (Å²) in [6.07, 6.45) is 7.58. The number of hydrogen-bond acceptors (Lipinski definition) is 3. The topological polar surface area (TPSA) is 30.5 Å². The van der Waals surface area contributed by atoms with Gasteiger partial charge in [-0.3, -0.25) is 0 Å². The number of allylic oxidation sites excluding steroid dienone is 2. The second-order valence-electron chi connectivity index (χ2n) is 5.86. The van der Waals surface area contributed by atoms with Gasteiger partial charge in [-0.05, 0) is 54.8 Å². The van der Waals surface area contributed by atoms with E-state index in [-0.39, 0.29) is 12.4 Å². The average Bonchev–Trinajstić information content (AvgIpc) is 3.14.